The molecule has 0 aliphatic carbocycles. The zero-order valence-corrected chi connectivity index (χ0v) is 35.9. The summed E-state index contributed by atoms with van der Waals surface area (Å²) in [5, 5.41) is 30.8. The van der Waals surface area contributed by atoms with Crippen molar-refractivity contribution in [3.05, 3.63) is 72.9 Å². The van der Waals surface area contributed by atoms with Crippen LogP contribution in [0.2, 0.25) is 0 Å². The first-order valence-corrected chi connectivity index (χ1v) is 23.1. The predicted molar refractivity (Wildman–Crippen MR) is 228 cm³/mol. The Kier molecular flexibility index (Phi) is 32.0. The average molecular weight is 839 g/mol. The van der Waals surface area contributed by atoms with Gasteiger partial charge in [0, 0.05) is 12.8 Å². The van der Waals surface area contributed by atoms with Gasteiger partial charge < -0.3 is 34.3 Å². The third-order valence-electron chi connectivity index (χ3n) is 9.27. The van der Waals surface area contributed by atoms with E-state index < -0.39 is 71.2 Å². The zero-order chi connectivity index (χ0) is 42.7. The number of carbonyl (C=O) groups excluding carboxylic acids is 2. The Bertz CT molecular complexity index is 1350. The molecule has 0 saturated carbocycles. The molecule has 0 aromatic rings. The summed E-state index contributed by atoms with van der Waals surface area (Å²) < 4.78 is 53.9. The summed E-state index contributed by atoms with van der Waals surface area (Å²) in [4.78, 5) is 25.3. The van der Waals surface area contributed by atoms with Crippen molar-refractivity contribution >= 4 is 22.1 Å². The number of hydrogen-bond donors (Lipinski definition) is 4. The molecule has 1 aliphatic heterocycles. The Balaban J connectivity index is 2.54. The van der Waals surface area contributed by atoms with Gasteiger partial charge in [-0.2, -0.15) is 8.42 Å². The van der Waals surface area contributed by atoms with Gasteiger partial charge in [0.2, 0.25) is 0 Å². The van der Waals surface area contributed by atoms with Crippen LogP contribution in [-0.4, -0.2) is 96.0 Å². The molecule has 1 rings (SSSR count). The van der Waals surface area contributed by atoms with Crippen LogP contribution < -0.4 is 0 Å². The van der Waals surface area contributed by atoms with Gasteiger partial charge in [0.15, 0.2) is 12.4 Å². The third kappa shape index (κ3) is 29.3. The van der Waals surface area contributed by atoms with Crippen LogP contribution in [-0.2, 0) is 38.7 Å². The fourth-order valence-electron chi connectivity index (χ4n) is 5.93. The fourth-order valence-corrected chi connectivity index (χ4v) is 6.62. The van der Waals surface area contributed by atoms with E-state index in [9.17, 15) is 37.9 Å². The van der Waals surface area contributed by atoms with Crippen LogP contribution in [0, 0.1) is 0 Å². The second-order valence-electron chi connectivity index (χ2n) is 14.6. The van der Waals surface area contributed by atoms with E-state index in [0.717, 1.165) is 64.2 Å². The summed E-state index contributed by atoms with van der Waals surface area (Å²) in [5.74, 6) is -2.09. The molecule has 0 spiro atoms. The van der Waals surface area contributed by atoms with E-state index in [-0.39, 0.29) is 19.4 Å². The van der Waals surface area contributed by atoms with Gasteiger partial charge in [-0.1, -0.05) is 119 Å². The molecule has 6 atom stereocenters. The van der Waals surface area contributed by atoms with E-state index in [4.69, 9.17) is 18.9 Å². The van der Waals surface area contributed by atoms with Crippen molar-refractivity contribution in [3.63, 3.8) is 0 Å². The number of ether oxygens (including phenoxy) is 4. The molecule has 0 bridgehead atoms. The largest absolute Gasteiger partial charge is 0.462 e. The Morgan fingerprint density at radius 2 is 1.09 bits per heavy atom. The Hall–Kier alpha value is -2.91. The lowest BCUT2D eigenvalue weighted by molar-refractivity contribution is -0.297. The number of carbonyl (C=O) groups is 2. The average Bonchev–Trinajstić information content (AvgIpc) is 3.18. The van der Waals surface area contributed by atoms with Crippen LogP contribution in [0.25, 0.3) is 0 Å². The lowest BCUT2D eigenvalue weighted by Crippen LogP contribution is -2.60. The highest BCUT2D eigenvalue weighted by molar-refractivity contribution is 7.85. The second-order valence-corrected chi connectivity index (χ2v) is 16.1. The molecule has 0 aromatic carbocycles. The molecular weight excluding hydrogens is 765 g/mol. The van der Waals surface area contributed by atoms with E-state index in [1.807, 2.05) is 0 Å². The SMILES string of the molecule is CC/C=C/C/C=C/C/C=C/C/C=C/CCCCC(=O)OC[C@H](CO[C@H]1O[C@H](CS(=O)(=O)O)[C@@H](O)C(O)C1O)OC(=O)CCCC/C=C/C/C=C/CCCCCCCC. The molecule has 4 N–H and O–H groups in total. The minimum atomic E-state index is -4.61. The quantitative estimate of drug-likeness (QED) is 0.0210. The summed E-state index contributed by atoms with van der Waals surface area (Å²) in [6.45, 7) is 3.55. The highest BCUT2D eigenvalue weighted by Crippen LogP contribution is 2.24. The summed E-state index contributed by atoms with van der Waals surface area (Å²) >= 11 is 0. The summed E-state index contributed by atoms with van der Waals surface area (Å²) in [6.07, 6.45) is 33.9. The van der Waals surface area contributed by atoms with Crippen molar-refractivity contribution in [2.45, 2.75) is 179 Å². The molecule has 12 nitrogen and oxygen atoms in total. The summed E-state index contributed by atoms with van der Waals surface area (Å²) in [6, 6.07) is 0. The monoisotopic (exact) mass is 838 g/mol. The smallest absolute Gasteiger partial charge is 0.306 e. The Morgan fingerprint density at radius 3 is 1.62 bits per heavy atom. The van der Waals surface area contributed by atoms with Crippen molar-refractivity contribution in [2.75, 3.05) is 19.0 Å². The van der Waals surface area contributed by atoms with Gasteiger partial charge in [0.05, 0.1) is 6.61 Å². The first kappa shape index (κ1) is 53.1. The number of aliphatic hydroxyl groups is 3. The molecule has 1 saturated heterocycles. The first-order chi connectivity index (χ1) is 28.0. The molecule has 0 amide bonds. The maximum Gasteiger partial charge on any atom is 0.306 e. The van der Waals surface area contributed by atoms with Crippen LogP contribution in [0.1, 0.15) is 142 Å². The van der Waals surface area contributed by atoms with Crippen LogP contribution in [0.3, 0.4) is 0 Å². The maximum absolute atomic E-state index is 12.8. The van der Waals surface area contributed by atoms with E-state index in [2.05, 4.69) is 86.8 Å². The van der Waals surface area contributed by atoms with Gasteiger partial charge in [-0.05, 0) is 83.5 Å². The molecule has 1 heterocycles. The fraction of sp³-hybridized carbons (Fsp3) is 0.689. The normalized spacial score (nSPS) is 21.1. The van der Waals surface area contributed by atoms with Gasteiger partial charge in [0.1, 0.15) is 36.8 Å². The molecule has 58 heavy (non-hydrogen) atoms. The van der Waals surface area contributed by atoms with Crippen LogP contribution in [0.15, 0.2) is 72.9 Å². The highest BCUT2D eigenvalue weighted by Gasteiger charge is 2.46. The number of esters is 2. The number of allylic oxidation sites excluding steroid dienone is 12. The summed E-state index contributed by atoms with van der Waals surface area (Å²) in [5.41, 5.74) is 0. The zero-order valence-electron chi connectivity index (χ0n) is 35.1. The van der Waals surface area contributed by atoms with Crippen molar-refractivity contribution in [1.82, 2.24) is 0 Å². The Labute approximate surface area is 348 Å². The van der Waals surface area contributed by atoms with Crippen LogP contribution >= 0.6 is 0 Å². The van der Waals surface area contributed by atoms with Crippen molar-refractivity contribution < 1.29 is 56.8 Å². The first-order valence-electron chi connectivity index (χ1n) is 21.5. The van der Waals surface area contributed by atoms with Crippen molar-refractivity contribution in [1.29, 1.82) is 0 Å². The number of unbranched alkanes of at least 4 members (excludes halogenated alkanes) is 10. The second kappa shape index (κ2) is 34.9. The molecular formula is C45H74O12S. The lowest BCUT2D eigenvalue weighted by Gasteiger charge is -2.40. The van der Waals surface area contributed by atoms with Crippen LogP contribution in [0.5, 0.6) is 0 Å². The van der Waals surface area contributed by atoms with Crippen molar-refractivity contribution in [2.24, 2.45) is 0 Å². The minimum Gasteiger partial charge on any atom is -0.462 e. The topological polar surface area (TPSA) is 186 Å². The summed E-state index contributed by atoms with van der Waals surface area (Å²) in [7, 11) is -4.61. The van der Waals surface area contributed by atoms with E-state index in [1.54, 1.807) is 0 Å². The van der Waals surface area contributed by atoms with E-state index in [1.165, 1.54) is 38.5 Å². The molecule has 0 radical (unpaired) electrons. The molecule has 0 aromatic heterocycles. The van der Waals surface area contributed by atoms with Gasteiger partial charge in [0.25, 0.3) is 10.1 Å². The van der Waals surface area contributed by atoms with Gasteiger partial charge in [-0.25, -0.2) is 0 Å². The standard InChI is InChI=1S/C45H74O12S/c1-3-5-7-9-11-13-15-17-19-21-23-25-27-29-31-33-40(46)54-35-38(36-55-45-44(50)43(49)42(48)39(57-45)37-58(51,52)53)56-41(47)34-32-30-28-26-24-22-20-18-16-14-12-10-8-6-4-2/h5,7,11,13,17-20,23-26,38-39,42-45,48-50H,3-4,6,8-10,12,14-16,21-22,27-37H2,1-2H3,(H,51,52,53)/b7-5+,13-11+,19-17+,20-18+,25-23+,26-24+/t38-,39-,42-,43?,44?,45+/m1/s1. The molecule has 2 unspecified atom stereocenters. The lowest BCUT2D eigenvalue weighted by atomic mass is 10.00. The van der Waals surface area contributed by atoms with E-state index in [0.29, 0.717) is 12.8 Å². The van der Waals surface area contributed by atoms with Crippen molar-refractivity contribution in [3.8, 4) is 0 Å². The number of rotatable bonds is 34. The predicted octanol–water partition coefficient (Wildman–Crippen LogP) is 8.33. The van der Waals surface area contributed by atoms with E-state index >= 15 is 0 Å². The molecule has 1 aliphatic rings. The number of hydrogen-bond acceptors (Lipinski definition) is 11. The molecule has 332 valence electrons. The van der Waals surface area contributed by atoms with Gasteiger partial charge >= 0.3 is 11.9 Å². The molecule has 1 fully saturated rings. The van der Waals surface area contributed by atoms with Gasteiger partial charge in [-0.3, -0.25) is 14.1 Å². The number of aliphatic hydroxyl groups excluding tert-OH is 3. The van der Waals surface area contributed by atoms with Gasteiger partial charge in [-0.15, -0.1) is 0 Å². The minimum absolute atomic E-state index is 0.109. The Morgan fingerprint density at radius 1 is 0.603 bits per heavy atom. The molecule has 13 heteroatoms. The maximum atomic E-state index is 12.8. The van der Waals surface area contributed by atoms with Crippen LogP contribution in [0.4, 0.5) is 0 Å². The third-order valence-corrected chi connectivity index (χ3v) is 10.0. The highest BCUT2D eigenvalue weighted by atomic mass is 32.2.